The number of benzene rings is 4. The summed E-state index contributed by atoms with van der Waals surface area (Å²) in [7, 11) is -2.40. The molecule has 1 heterocycles. The van der Waals surface area contributed by atoms with Crippen LogP contribution < -0.4 is 19.5 Å². The van der Waals surface area contributed by atoms with E-state index < -0.39 is 16.2 Å². The second-order valence-corrected chi connectivity index (χ2v) is 10.7. The van der Waals surface area contributed by atoms with Crippen molar-refractivity contribution in [2.75, 3.05) is 33.4 Å². The predicted octanol–water partition coefficient (Wildman–Crippen LogP) is 4.98. The van der Waals surface area contributed by atoms with Gasteiger partial charge in [-0.25, -0.2) is 0 Å². The smallest absolute Gasteiger partial charge is 0.294 e. The molecule has 0 saturated heterocycles. The molecule has 9 nitrogen and oxygen atoms in total. The Labute approximate surface area is 239 Å². The van der Waals surface area contributed by atoms with Gasteiger partial charge in [0.2, 0.25) is 0 Å². The van der Waals surface area contributed by atoms with Gasteiger partial charge >= 0.3 is 0 Å². The summed E-state index contributed by atoms with van der Waals surface area (Å²) in [6.45, 7) is 3.54. The maximum atomic E-state index is 10.5. The zero-order valence-electron chi connectivity index (χ0n) is 22.9. The Morgan fingerprint density at radius 1 is 0.829 bits per heavy atom. The highest BCUT2D eigenvalue weighted by molar-refractivity contribution is 7.85. The van der Waals surface area contributed by atoms with Crippen molar-refractivity contribution in [3.63, 3.8) is 0 Å². The molecule has 1 atom stereocenters. The molecule has 4 N–H and O–H groups in total. The number of H-pyrrole nitrogens is 1. The van der Waals surface area contributed by atoms with Crippen LogP contribution in [0.15, 0.2) is 95.9 Å². The van der Waals surface area contributed by atoms with Crippen molar-refractivity contribution < 1.29 is 32.3 Å². The van der Waals surface area contributed by atoms with E-state index in [1.807, 2.05) is 67.6 Å². The standard InChI is InChI=1S/C24H26N2O4.C7H8O3S/c1-28-21-10-4-5-11-22(21)29-14-13-25-15-17(27)16-30-23-12-6-9-20-24(23)18-7-2-3-8-19(18)26-20;1-6-2-4-7(5-3-6)11(8,9)10/h2-12,17,25-27H,13-16H2,1H3;2-5H,1H3,(H,8,9,10). The van der Waals surface area contributed by atoms with E-state index in [1.165, 1.54) is 12.1 Å². The fraction of sp³-hybridized carbons (Fsp3) is 0.226. The molecule has 5 rings (SSSR count). The van der Waals surface area contributed by atoms with Crippen molar-refractivity contribution in [3.05, 3.63) is 96.6 Å². The van der Waals surface area contributed by atoms with Gasteiger partial charge < -0.3 is 29.6 Å². The van der Waals surface area contributed by atoms with Crippen LogP contribution in [0.2, 0.25) is 0 Å². The van der Waals surface area contributed by atoms with E-state index in [4.69, 9.17) is 18.8 Å². The second kappa shape index (κ2) is 14.0. The first kappa shape index (κ1) is 29.9. The molecule has 0 radical (unpaired) electrons. The lowest BCUT2D eigenvalue weighted by atomic mass is 10.1. The molecule has 0 aliphatic heterocycles. The molecule has 1 unspecified atom stereocenters. The molecular formula is C31H34N2O7S. The topological polar surface area (TPSA) is 130 Å². The summed E-state index contributed by atoms with van der Waals surface area (Å²) in [6.07, 6.45) is -0.628. The van der Waals surface area contributed by atoms with E-state index in [0.717, 1.165) is 33.1 Å². The third kappa shape index (κ3) is 8.21. The second-order valence-electron chi connectivity index (χ2n) is 9.31. The molecule has 216 valence electrons. The molecule has 0 amide bonds. The molecule has 4 aromatic carbocycles. The van der Waals surface area contributed by atoms with Crippen LogP contribution in [-0.4, -0.2) is 62.6 Å². The Kier molecular flexibility index (Phi) is 10.2. The number of para-hydroxylation sites is 3. The molecule has 0 bridgehead atoms. The van der Waals surface area contributed by atoms with Gasteiger partial charge in [0.15, 0.2) is 11.5 Å². The average molecular weight is 579 g/mol. The number of hydrogen-bond donors (Lipinski definition) is 4. The number of methoxy groups -OCH3 is 1. The summed E-state index contributed by atoms with van der Waals surface area (Å²) in [6, 6.07) is 27.6. The van der Waals surface area contributed by atoms with E-state index in [-0.39, 0.29) is 11.5 Å². The summed E-state index contributed by atoms with van der Waals surface area (Å²) in [4.78, 5) is 3.33. The van der Waals surface area contributed by atoms with Crippen LogP contribution in [0.3, 0.4) is 0 Å². The third-order valence-corrected chi connectivity index (χ3v) is 7.10. The molecule has 41 heavy (non-hydrogen) atoms. The Morgan fingerprint density at radius 3 is 2.22 bits per heavy atom. The Bertz CT molecular complexity index is 1670. The van der Waals surface area contributed by atoms with Gasteiger partial charge in [0.05, 0.1) is 17.5 Å². The minimum absolute atomic E-state index is 0.0666. The number of hydrogen-bond acceptors (Lipinski definition) is 7. The molecule has 5 aromatic rings. The fourth-order valence-corrected chi connectivity index (χ4v) is 4.66. The minimum atomic E-state index is -4.02. The lowest BCUT2D eigenvalue weighted by molar-refractivity contribution is 0.106. The van der Waals surface area contributed by atoms with Crippen molar-refractivity contribution in [3.8, 4) is 17.2 Å². The average Bonchev–Trinajstić information content (AvgIpc) is 3.35. The van der Waals surface area contributed by atoms with Crippen LogP contribution in [0, 0.1) is 6.92 Å². The molecule has 1 aromatic heterocycles. The van der Waals surface area contributed by atoms with Gasteiger partial charge in [-0.05, 0) is 49.4 Å². The van der Waals surface area contributed by atoms with Gasteiger partial charge in [-0.3, -0.25) is 4.55 Å². The fourth-order valence-electron chi connectivity index (χ4n) is 4.18. The van der Waals surface area contributed by atoms with Gasteiger partial charge in [0, 0.05) is 29.4 Å². The molecule has 0 saturated carbocycles. The highest BCUT2D eigenvalue weighted by Gasteiger charge is 2.12. The quantitative estimate of drug-likeness (QED) is 0.128. The SMILES string of the molecule is COc1ccccc1OCCNCC(O)COc1cccc2[nH]c3ccccc3c12.Cc1ccc(S(=O)(=O)O)cc1. The van der Waals surface area contributed by atoms with Crippen LogP contribution in [0.1, 0.15) is 5.56 Å². The monoisotopic (exact) mass is 578 g/mol. The lowest BCUT2D eigenvalue weighted by Crippen LogP contribution is -2.33. The molecule has 0 aliphatic carbocycles. The summed E-state index contributed by atoms with van der Waals surface area (Å²) < 4.78 is 46.5. The normalized spacial score (nSPS) is 12.0. The number of ether oxygens (including phenoxy) is 3. The molecule has 0 spiro atoms. The maximum absolute atomic E-state index is 10.5. The number of aromatic nitrogens is 1. The zero-order chi connectivity index (χ0) is 29.2. The summed E-state index contributed by atoms with van der Waals surface area (Å²) in [5, 5.41) is 15.6. The van der Waals surface area contributed by atoms with Crippen LogP contribution in [0.4, 0.5) is 0 Å². The Hall–Kier alpha value is -4.09. The van der Waals surface area contributed by atoms with Crippen LogP contribution >= 0.6 is 0 Å². The van der Waals surface area contributed by atoms with Crippen molar-refractivity contribution in [1.82, 2.24) is 10.3 Å². The largest absolute Gasteiger partial charge is 0.493 e. The van der Waals surface area contributed by atoms with Crippen LogP contribution in [0.25, 0.3) is 21.8 Å². The minimum Gasteiger partial charge on any atom is -0.493 e. The van der Waals surface area contributed by atoms with Crippen molar-refractivity contribution >= 4 is 31.9 Å². The Morgan fingerprint density at radius 2 is 1.49 bits per heavy atom. The van der Waals surface area contributed by atoms with Crippen LogP contribution in [0.5, 0.6) is 17.2 Å². The highest BCUT2D eigenvalue weighted by atomic mass is 32.2. The molecular weight excluding hydrogens is 544 g/mol. The number of aliphatic hydroxyl groups is 1. The van der Waals surface area contributed by atoms with Crippen LogP contribution in [-0.2, 0) is 10.1 Å². The van der Waals surface area contributed by atoms with E-state index in [0.29, 0.717) is 31.2 Å². The van der Waals surface area contributed by atoms with E-state index in [1.54, 1.807) is 19.2 Å². The predicted molar refractivity (Wildman–Crippen MR) is 160 cm³/mol. The van der Waals surface area contributed by atoms with E-state index in [9.17, 15) is 13.5 Å². The first-order chi connectivity index (χ1) is 19.8. The van der Waals surface area contributed by atoms with E-state index >= 15 is 0 Å². The number of aryl methyl sites for hydroxylation is 1. The van der Waals surface area contributed by atoms with Gasteiger partial charge in [0.1, 0.15) is 25.1 Å². The number of fused-ring (bicyclic) bond motifs is 3. The Balaban J connectivity index is 0.000000296. The third-order valence-electron chi connectivity index (χ3n) is 6.23. The van der Waals surface area contributed by atoms with Gasteiger partial charge in [0.25, 0.3) is 10.1 Å². The van der Waals surface area contributed by atoms with Crippen molar-refractivity contribution in [1.29, 1.82) is 0 Å². The first-order valence-electron chi connectivity index (χ1n) is 13.1. The number of aromatic amines is 1. The van der Waals surface area contributed by atoms with Crippen molar-refractivity contribution in [2.24, 2.45) is 0 Å². The first-order valence-corrected chi connectivity index (χ1v) is 14.5. The number of rotatable bonds is 11. The summed E-state index contributed by atoms with van der Waals surface area (Å²) in [5.41, 5.74) is 3.05. The summed E-state index contributed by atoms with van der Waals surface area (Å²) in [5.74, 6) is 2.18. The van der Waals surface area contributed by atoms with E-state index in [2.05, 4.69) is 16.4 Å². The molecule has 0 fully saturated rings. The van der Waals surface area contributed by atoms with Gasteiger partial charge in [-0.15, -0.1) is 0 Å². The number of aliphatic hydroxyl groups excluding tert-OH is 1. The lowest BCUT2D eigenvalue weighted by Gasteiger charge is -2.15. The van der Waals surface area contributed by atoms with Gasteiger partial charge in [-0.1, -0.05) is 54.1 Å². The maximum Gasteiger partial charge on any atom is 0.294 e. The zero-order valence-corrected chi connectivity index (χ0v) is 23.7. The summed E-state index contributed by atoms with van der Waals surface area (Å²) >= 11 is 0. The van der Waals surface area contributed by atoms with Gasteiger partial charge in [-0.2, -0.15) is 8.42 Å². The number of nitrogens with one attached hydrogen (secondary N) is 2. The molecule has 10 heteroatoms. The van der Waals surface area contributed by atoms with Crippen molar-refractivity contribution in [2.45, 2.75) is 17.9 Å². The molecule has 0 aliphatic rings. The highest BCUT2D eigenvalue weighted by Crippen LogP contribution is 2.33.